The highest BCUT2D eigenvalue weighted by atomic mass is 35.5. The maximum Gasteiger partial charge on any atom is 0.303 e. The van der Waals surface area contributed by atoms with Crippen molar-refractivity contribution in [1.82, 2.24) is 4.90 Å². The lowest BCUT2D eigenvalue weighted by Gasteiger charge is -2.35. The van der Waals surface area contributed by atoms with Crippen LogP contribution in [0.3, 0.4) is 0 Å². The number of benzene rings is 1. The molecule has 0 radical (unpaired) electrons. The van der Waals surface area contributed by atoms with E-state index < -0.39 is 5.97 Å². The fourth-order valence-electron chi connectivity index (χ4n) is 2.77. The summed E-state index contributed by atoms with van der Waals surface area (Å²) in [5.74, 6) is -0.726. The molecule has 1 aliphatic heterocycles. The topological polar surface area (TPSA) is 40.5 Å². The van der Waals surface area contributed by atoms with Gasteiger partial charge in [0, 0.05) is 29.1 Å². The van der Waals surface area contributed by atoms with Gasteiger partial charge in [0.05, 0.1) is 0 Å². The summed E-state index contributed by atoms with van der Waals surface area (Å²) in [5, 5.41) is 10.2. The molecule has 0 bridgehead atoms. The molecule has 1 atom stereocenters. The standard InChI is InChI=1S/C15H19Cl2NO2/c16-12-4-6-14(17)11(9-12)10-18-8-2-1-3-13(18)5-7-15(19)20/h4,6,9,13H,1-3,5,7-8,10H2,(H,19,20). The highest BCUT2D eigenvalue weighted by Crippen LogP contribution is 2.27. The largest absolute Gasteiger partial charge is 0.481 e. The van der Waals surface area contributed by atoms with Gasteiger partial charge in [-0.05, 0) is 49.6 Å². The SMILES string of the molecule is O=C(O)CCC1CCCCN1Cc1cc(Cl)ccc1Cl. The Balaban J connectivity index is 2.04. The van der Waals surface area contributed by atoms with Crippen LogP contribution in [0.15, 0.2) is 18.2 Å². The minimum Gasteiger partial charge on any atom is -0.481 e. The third-order valence-corrected chi connectivity index (χ3v) is 4.43. The number of rotatable bonds is 5. The zero-order valence-corrected chi connectivity index (χ0v) is 12.8. The van der Waals surface area contributed by atoms with Gasteiger partial charge in [-0.3, -0.25) is 9.69 Å². The van der Waals surface area contributed by atoms with Crippen LogP contribution >= 0.6 is 23.2 Å². The van der Waals surface area contributed by atoms with E-state index in [2.05, 4.69) is 4.90 Å². The molecular formula is C15H19Cl2NO2. The molecule has 2 rings (SSSR count). The van der Waals surface area contributed by atoms with Gasteiger partial charge in [0.25, 0.3) is 0 Å². The molecule has 0 aliphatic carbocycles. The van der Waals surface area contributed by atoms with Gasteiger partial charge < -0.3 is 5.11 Å². The van der Waals surface area contributed by atoms with Crippen molar-refractivity contribution < 1.29 is 9.90 Å². The molecule has 1 aromatic carbocycles. The Labute approximate surface area is 129 Å². The van der Waals surface area contributed by atoms with E-state index in [1.54, 1.807) is 6.07 Å². The molecule has 0 amide bonds. The number of likely N-dealkylation sites (tertiary alicyclic amines) is 1. The van der Waals surface area contributed by atoms with Crippen LogP contribution in [0.4, 0.5) is 0 Å². The van der Waals surface area contributed by atoms with Crippen LogP contribution in [0.1, 0.15) is 37.7 Å². The number of carboxylic acids is 1. The summed E-state index contributed by atoms with van der Waals surface area (Å²) < 4.78 is 0. The molecule has 0 aromatic heterocycles. The quantitative estimate of drug-likeness (QED) is 0.884. The summed E-state index contributed by atoms with van der Waals surface area (Å²) in [6, 6.07) is 5.82. The number of aliphatic carboxylic acids is 1. The number of carboxylic acid groups (broad SMARTS) is 1. The number of piperidine rings is 1. The minimum atomic E-state index is -0.726. The van der Waals surface area contributed by atoms with Gasteiger partial charge in [-0.25, -0.2) is 0 Å². The van der Waals surface area contributed by atoms with E-state index in [9.17, 15) is 4.79 Å². The normalized spacial score (nSPS) is 20.0. The van der Waals surface area contributed by atoms with Crippen LogP contribution in [0.5, 0.6) is 0 Å². The van der Waals surface area contributed by atoms with Gasteiger partial charge in [0.2, 0.25) is 0 Å². The molecule has 1 N–H and O–H groups in total. The first-order valence-corrected chi connectivity index (χ1v) is 7.71. The van der Waals surface area contributed by atoms with Gasteiger partial charge in [0.1, 0.15) is 0 Å². The number of hydrogen-bond donors (Lipinski definition) is 1. The lowest BCUT2D eigenvalue weighted by molar-refractivity contribution is -0.137. The van der Waals surface area contributed by atoms with Crippen molar-refractivity contribution in [1.29, 1.82) is 0 Å². The van der Waals surface area contributed by atoms with Crippen molar-refractivity contribution >= 4 is 29.2 Å². The fourth-order valence-corrected chi connectivity index (χ4v) is 3.14. The summed E-state index contributed by atoms with van der Waals surface area (Å²) in [7, 11) is 0. The van der Waals surface area contributed by atoms with Crippen molar-refractivity contribution in [3.8, 4) is 0 Å². The predicted octanol–water partition coefficient (Wildman–Crippen LogP) is 4.21. The molecule has 20 heavy (non-hydrogen) atoms. The zero-order chi connectivity index (χ0) is 14.5. The Morgan fingerprint density at radius 3 is 2.90 bits per heavy atom. The van der Waals surface area contributed by atoms with E-state index in [-0.39, 0.29) is 6.42 Å². The summed E-state index contributed by atoms with van der Waals surface area (Å²) in [5.41, 5.74) is 1.02. The van der Waals surface area contributed by atoms with Gasteiger partial charge in [-0.15, -0.1) is 0 Å². The first kappa shape index (κ1) is 15.6. The van der Waals surface area contributed by atoms with Crippen LogP contribution in [-0.2, 0) is 11.3 Å². The van der Waals surface area contributed by atoms with Gasteiger partial charge >= 0.3 is 5.97 Å². The molecule has 1 aliphatic rings. The molecule has 110 valence electrons. The fraction of sp³-hybridized carbons (Fsp3) is 0.533. The smallest absolute Gasteiger partial charge is 0.303 e. The Kier molecular flexibility index (Phi) is 5.70. The van der Waals surface area contributed by atoms with E-state index in [4.69, 9.17) is 28.3 Å². The Morgan fingerprint density at radius 2 is 2.15 bits per heavy atom. The lowest BCUT2D eigenvalue weighted by atomic mass is 9.97. The Hall–Kier alpha value is -0.770. The molecule has 0 saturated carbocycles. The number of halogens is 2. The molecular weight excluding hydrogens is 297 g/mol. The van der Waals surface area contributed by atoms with E-state index >= 15 is 0 Å². The molecule has 1 aromatic rings. The van der Waals surface area contributed by atoms with E-state index in [0.29, 0.717) is 17.5 Å². The average molecular weight is 316 g/mol. The molecule has 0 spiro atoms. The Morgan fingerprint density at radius 1 is 1.35 bits per heavy atom. The molecule has 1 heterocycles. The predicted molar refractivity (Wildman–Crippen MR) is 81.4 cm³/mol. The second-order valence-corrected chi connectivity index (χ2v) is 6.13. The number of hydrogen-bond acceptors (Lipinski definition) is 2. The number of carbonyl (C=O) groups is 1. The van der Waals surface area contributed by atoms with Crippen molar-refractivity contribution in [2.75, 3.05) is 6.54 Å². The minimum absolute atomic E-state index is 0.227. The highest BCUT2D eigenvalue weighted by Gasteiger charge is 2.23. The first-order valence-electron chi connectivity index (χ1n) is 6.96. The molecule has 1 saturated heterocycles. The second kappa shape index (κ2) is 7.30. The summed E-state index contributed by atoms with van der Waals surface area (Å²) in [6.07, 6.45) is 4.31. The van der Waals surface area contributed by atoms with Crippen molar-refractivity contribution in [2.24, 2.45) is 0 Å². The second-order valence-electron chi connectivity index (χ2n) is 5.29. The van der Waals surface area contributed by atoms with E-state index in [1.165, 1.54) is 6.42 Å². The van der Waals surface area contributed by atoms with Crippen molar-refractivity contribution in [3.05, 3.63) is 33.8 Å². The highest BCUT2D eigenvalue weighted by molar-refractivity contribution is 6.33. The van der Waals surface area contributed by atoms with E-state index in [1.807, 2.05) is 12.1 Å². The van der Waals surface area contributed by atoms with Crippen LogP contribution in [-0.4, -0.2) is 28.6 Å². The molecule has 3 nitrogen and oxygen atoms in total. The monoisotopic (exact) mass is 315 g/mol. The van der Waals surface area contributed by atoms with Crippen LogP contribution in [0.25, 0.3) is 0 Å². The first-order chi connectivity index (χ1) is 9.56. The summed E-state index contributed by atoms with van der Waals surface area (Å²) in [4.78, 5) is 13.1. The van der Waals surface area contributed by atoms with Crippen molar-refractivity contribution in [3.63, 3.8) is 0 Å². The zero-order valence-electron chi connectivity index (χ0n) is 11.3. The third kappa shape index (κ3) is 4.37. The Bertz CT molecular complexity index is 479. The molecule has 1 unspecified atom stereocenters. The van der Waals surface area contributed by atoms with Crippen LogP contribution in [0, 0.1) is 0 Å². The lowest BCUT2D eigenvalue weighted by Crippen LogP contribution is -2.39. The molecule has 1 fully saturated rings. The van der Waals surface area contributed by atoms with Crippen LogP contribution < -0.4 is 0 Å². The van der Waals surface area contributed by atoms with E-state index in [0.717, 1.165) is 36.5 Å². The summed E-state index contributed by atoms with van der Waals surface area (Å²) in [6.45, 7) is 1.73. The third-order valence-electron chi connectivity index (χ3n) is 3.82. The van der Waals surface area contributed by atoms with Crippen molar-refractivity contribution in [2.45, 2.75) is 44.7 Å². The maximum absolute atomic E-state index is 10.7. The molecule has 5 heteroatoms. The van der Waals surface area contributed by atoms with Crippen LogP contribution in [0.2, 0.25) is 10.0 Å². The van der Waals surface area contributed by atoms with Gasteiger partial charge in [0.15, 0.2) is 0 Å². The van der Waals surface area contributed by atoms with Gasteiger partial charge in [-0.2, -0.15) is 0 Å². The summed E-state index contributed by atoms with van der Waals surface area (Å²) >= 11 is 12.2. The maximum atomic E-state index is 10.7. The average Bonchev–Trinajstić information content (AvgIpc) is 2.42. The number of nitrogens with zero attached hydrogens (tertiary/aromatic N) is 1. The van der Waals surface area contributed by atoms with Gasteiger partial charge in [-0.1, -0.05) is 29.6 Å².